The van der Waals surface area contributed by atoms with Crippen LogP contribution in [0.1, 0.15) is 10.5 Å². The van der Waals surface area contributed by atoms with E-state index in [1.807, 2.05) is 6.07 Å². The molecule has 0 bridgehead atoms. The zero-order valence-electron chi connectivity index (χ0n) is 7.86. The lowest BCUT2D eigenvalue weighted by Crippen LogP contribution is -2.08. The van der Waals surface area contributed by atoms with E-state index in [4.69, 9.17) is 0 Å². The van der Waals surface area contributed by atoms with Crippen molar-refractivity contribution < 1.29 is 13.6 Å². The molecule has 0 spiro atoms. The van der Waals surface area contributed by atoms with E-state index < -0.39 is 13.0 Å². The van der Waals surface area contributed by atoms with E-state index >= 15 is 0 Å². The first kappa shape index (κ1) is 9.83. The number of halogens is 2. The second kappa shape index (κ2) is 3.81. The number of nitrogens with zero attached hydrogens (tertiary/aromatic N) is 1. The van der Waals surface area contributed by atoms with Crippen molar-refractivity contribution in [3.05, 3.63) is 36.0 Å². The molecular formula is C11H9F2NO. The van der Waals surface area contributed by atoms with Gasteiger partial charge in [-0.2, -0.15) is 0 Å². The van der Waals surface area contributed by atoms with Crippen molar-refractivity contribution >= 4 is 17.2 Å². The molecule has 2 nitrogen and oxygen atoms in total. The molecule has 15 heavy (non-hydrogen) atoms. The minimum atomic E-state index is -2.46. The number of para-hydroxylation sites is 1. The molecule has 0 fully saturated rings. The fraction of sp³-hybridized carbons (Fsp3) is 0.182. The topological polar surface area (TPSA) is 22.0 Å². The van der Waals surface area contributed by atoms with Gasteiger partial charge in [0.1, 0.15) is 0 Å². The Kier molecular flexibility index (Phi) is 2.49. The first-order valence-corrected chi connectivity index (χ1v) is 4.54. The number of hydrogen-bond acceptors (Lipinski definition) is 1. The van der Waals surface area contributed by atoms with Crippen LogP contribution in [-0.4, -0.2) is 17.3 Å². The Hall–Kier alpha value is -1.71. The smallest absolute Gasteiger partial charge is 0.256 e. The molecule has 1 aromatic carbocycles. The van der Waals surface area contributed by atoms with Crippen LogP contribution in [0.15, 0.2) is 30.3 Å². The fourth-order valence-corrected chi connectivity index (χ4v) is 1.67. The Balaban J connectivity index is 2.61. The summed E-state index contributed by atoms with van der Waals surface area (Å²) in [4.78, 5) is 10.7. The summed E-state index contributed by atoms with van der Waals surface area (Å²) in [6, 6.07) is 8.71. The number of hydrogen-bond donors (Lipinski definition) is 0. The Morgan fingerprint density at radius 3 is 2.73 bits per heavy atom. The highest BCUT2D eigenvalue weighted by molar-refractivity contribution is 5.88. The maximum atomic E-state index is 12.3. The summed E-state index contributed by atoms with van der Waals surface area (Å²) in [5, 5.41) is 0.806. The molecule has 78 valence electrons. The quantitative estimate of drug-likeness (QED) is 0.712. The average molecular weight is 209 g/mol. The fourth-order valence-electron chi connectivity index (χ4n) is 1.67. The highest BCUT2D eigenvalue weighted by Gasteiger charge is 2.11. The molecule has 1 aromatic heterocycles. The molecule has 0 unspecified atom stereocenters. The van der Waals surface area contributed by atoms with Crippen LogP contribution in [0.25, 0.3) is 10.9 Å². The monoisotopic (exact) mass is 209 g/mol. The molecule has 0 N–H and O–H groups in total. The first-order valence-electron chi connectivity index (χ1n) is 4.54. The summed E-state index contributed by atoms with van der Waals surface area (Å²) < 4.78 is 26.0. The predicted molar refractivity (Wildman–Crippen MR) is 53.3 cm³/mol. The summed E-state index contributed by atoms with van der Waals surface area (Å²) in [5.41, 5.74) is 0.955. The molecule has 0 saturated heterocycles. The van der Waals surface area contributed by atoms with Crippen LogP contribution in [0.5, 0.6) is 0 Å². The Morgan fingerprint density at radius 2 is 2.07 bits per heavy atom. The first-order chi connectivity index (χ1) is 7.22. The molecule has 2 aromatic rings. The lowest BCUT2D eigenvalue weighted by atomic mass is 10.2. The lowest BCUT2D eigenvalue weighted by molar-refractivity contribution is 0.109. The molecule has 0 amide bonds. The van der Waals surface area contributed by atoms with Gasteiger partial charge in [0.25, 0.3) is 6.43 Å². The van der Waals surface area contributed by atoms with Gasteiger partial charge in [-0.25, -0.2) is 8.78 Å². The van der Waals surface area contributed by atoms with Crippen LogP contribution >= 0.6 is 0 Å². The van der Waals surface area contributed by atoms with Crippen LogP contribution in [0.2, 0.25) is 0 Å². The standard InChI is InChI=1S/C11H9F2NO/c12-11(13)6-14-9(7-15)5-8-3-1-2-4-10(8)14/h1-5,7,11H,6H2. The number of aromatic nitrogens is 1. The van der Waals surface area contributed by atoms with Crippen LogP contribution < -0.4 is 0 Å². The number of rotatable bonds is 3. The van der Waals surface area contributed by atoms with Gasteiger partial charge in [0.2, 0.25) is 0 Å². The molecular weight excluding hydrogens is 200 g/mol. The molecule has 0 radical (unpaired) electrons. The summed E-state index contributed by atoms with van der Waals surface area (Å²) >= 11 is 0. The van der Waals surface area contributed by atoms with Crippen molar-refractivity contribution in [3.8, 4) is 0 Å². The minimum Gasteiger partial charge on any atom is -0.333 e. The van der Waals surface area contributed by atoms with E-state index in [0.717, 1.165) is 5.39 Å². The maximum Gasteiger partial charge on any atom is 0.256 e. The van der Waals surface area contributed by atoms with Gasteiger partial charge in [-0.1, -0.05) is 18.2 Å². The third-order valence-electron chi connectivity index (χ3n) is 2.28. The van der Waals surface area contributed by atoms with Crippen molar-refractivity contribution in [2.45, 2.75) is 13.0 Å². The number of fused-ring (bicyclic) bond motifs is 1. The van der Waals surface area contributed by atoms with Gasteiger partial charge in [-0.05, 0) is 12.1 Å². The van der Waals surface area contributed by atoms with Crippen molar-refractivity contribution in [3.63, 3.8) is 0 Å². The van der Waals surface area contributed by atoms with Gasteiger partial charge in [0, 0.05) is 10.9 Å². The third-order valence-corrected chi connectivity index (χ3v) is 2.28. The number of aldehydes is 1. The molecule has 0 atom stereocenters. The van der Waals surface area contributed by atoms with Gasteiger partial charge >= 0.3 is 0 Å². The summed E-state index contributed by atoms with van der Waals surface area (Å²) in [6.07, 6.45) is -1.86. The lowest BCUT2D eigenvalue weighted by Gasteiger charge is -2.05. The van der Waals surface area contributed by atoms with Crippen LogP contribution in [0.3, 0.4) is 0 Å². The second-order valence-corrected chi connectivity index (χ2v) is 3.25. The number of carbonyl (C=O) groups excluding carboxylic acids is 1. The molecule has 0 aliphatic rings. The number of alkyl halides is 2. The average Bonchev–Trinajstić information content (AvgIpc) is 2.56. The minimum absolute atomic E-state index is 0.288. The molecule has 4 heteroatoms. The van der Waals surface area contributed by atoms with E-state index in [-0.39, 0.29) is 5.69 Å². The second-order valence-electron chi connectivity index (χ2n) is 3.25. The van der Waals surface area contributed by atoms with E-state index in [1.165, 1.54) is 4.57 Å². The van der Waals surface area contributed by atoms with Gasteiger partial charge in [-0.15, -0.1) is 0 Å². The Morgan fingerprint density at radius 1 is 1.33 bits per heavy atom. The van der Waals surface area contributed by atoms with E-state index in [0.29, 0.717) is 11.8 Å². The Bertz CT molecular complexity index is 490. The normalized spacial score (nSPS) is 11.1. The van der Waals surface area contributed by atoms with Gasteiger partial charge in [0.15, 0.2) is 6.29 Å². The predicted octanol–water partition coefficient (Wildman–Crippen LogP) is 2.72. The van der Waals surface area contributed by atoms with Crippen LogP contribution in [0, 0.1) is 0 Å². The zero-order chi connectivity index (χ0) is 10.8. The van der Waals surface area contributed by atoms with Crippen molar-refractivity contribution in [2.75, 3.05) is 0 Å². The van der Waals surface area contributed by atoms with Crippen LogP contribution in [-0.2, 0) is 6.54 Å². The summed E-state index contributed by atoms with van der Waals surface area (Å²) in [5.74, 6) is 0. The molecule has 1 heterocycles. The highest BCUT2D eigenvalue weighted by Crippen LogP contribution is 2.19. The summed E-state index contributed by atoms with van der Waals surface area (Å²) in [6.45, 7) is -0.443. The molecule has 0 aliphatic heterocycles. The Labute approximate surface area is 85.1 Å². The van der Waals surface area contributed by atoms with Gasteiger partial charge in [-0.3, -0.25) is 4.79 Å². The third kappa shape index (κ3) is 1.75. The van der Waals surface area contributed by atoms with Crippen LogP contribution in [0.4, 0.5) is 8.78 Å². The van der Waals surface area contributed by atoms with E-state index in [2.05, 4.69) is 0 Å². The molecule has 0 saturated carbocycles. The number of carbonyl (C=O) groups is 1. The highest BCUT2D eigenvalue weighted by atomic mass is 19.3. The van der Waals surface area contributed by atoms with E-state index in [9.17, 15) is 13.6 Å². The summed E-state index contributed by atoms with van der Waals surface area (Å²) in [7, 11) is 0. The zero-order valence-corrected chi connectivity index (χ0v) is 7.86. The van der Waals surface area contributed by atoms with E-state index in [1.54, 1.807) is 24.3 Å². The van der Waals surface area contributed by atoms with Crippen molar-refractivity contribution in [2.24, 2.45) is 0 Å². The SMILES string of the molecule is O=Cc1cc2ccccc2n1CC(F)F. The van der Waals surface area contributed by atoms with Crippen molar-refractivity contribution in [1.29, 1.82) is 0 Å². The van der Waals surface area contributed by atoms with Gasteiger partial charge in [0.05, 0.1) is 12.2 Å². The van der Waals surface area contributed by atoms with Gasteiger partial charge < -0.3 is 4.57 Å². The molecule has 2 rings (SSSR count). The molecule has 0 aliphatic carbocycles. The largest absolute Gasteiger partial charge is 0.333 e. The van der Waals surface area contributed by atoms with Crippen molar-refractivity contribution in [1.82, 2.24) is 4.57 Å². The maximum absolute atomic E-state index is 12.3. The number of benzene rings is 1.